The molecule has 1 N–H and O–H groups in total. The van der Waals surface area contributed by atoms with Crippen molar-refractivity contribution in [2.45, 2.75) is 19.9 Å². The Hall–Kier alpha value is -1.88. The van der Waals surface area contributed by atoms with Gasteiger partial charge in [0, 0.05) is 12.2 Å². The molecule has 1 fully saturated rings. The summed E-state index contributed by atoms with van der Waals surface area (Å²) in [7, 11) is 1.76. The summed E-state index contributed by atoms with van der Waals surface area (Å²) < 4.78 is 0. The smallest absolute Gasteiger partial charge is 0.328 e. The fraction of sp³-hybridized carbons (Fsp3) is 0.429. The van der Waals surface area contributed by atoms with E-state index in [9.17, 15) is 14.7 Å². The van der Waals surface area contributed by atoms with Crippen molar-refractivity contribution < 1.29 is 14.7 Å². The van der Waals surface area contributed by atoms with Gasteiger partial charge in [0.05, 0.1) is 6.54 Å². The molecule has 1 atom stereocenters. The number of carbonyl (C=O) groups excluding carboxylic acids is 1. The van der Waals surface area contributed by atoms with E-state index in [2.05, 4.69) is 0 Å². The van der Waals surface area contributed by atoms with E-state index in [1.165, 1.54) is 4.90 Å². The number of likely N-dealkylation sites (N-methyl/N-ethyl adjacent to an activating group) is 1. The summed E-state index contributed by atoms with van der Waals surface area (Å²) in [6.07, 6.45) is 0. The van der Waals surface area contributed by atoms with E-state index < -0.39 is 12.0 Å². The second kappa shape index (κ2) is 5.01. The first-order valence-electron chi connectivity index (χ1n) is 6.21. The molecule has 0 spiro atoms. The lowest BCUT2D eigenvalue weighted by molar-refractivity contribution is -0.142. The van der Waals surface area contributed by atoms with Gasteiger partial charge in [0.15, 0.2) is 0 Å². The Morgan fingerprint density at radius 2 is 2.05 bits per heavy atom. The van der Waals surface area contributed by atoms with Crippen molar-refractivity contribution in [3.05, 3.63) is 29.3 Å². The molecule has 102 valence electrons. The van der Waals surface area contributed by atoms with Gasteiger partial charge in [0.25, 0.3) is 0 Å². The van der Waals surface area contributed by atoms with Crippen LogP contribution in [0.2, 0.25) is 0 Å². The molecular weight excluding hydrogens is 244 g/mol. The summed E-state index contributed by atoms with van der Waals surface area (Å²) in [5, 5.41) is 9.35. The summed E-state index contributed by atoms with van der Waals surface area (Å²) in [6.45, 7) is 4.41. The monoisotopic (exact) mass is 262 g/mol. The number of hydrogen-bond donors (Lipinski definition) is 1. The van der Waals surface area contributed by atoms with E-state index in [4.69, 9.17) is 0 Å². The summed E-state index contributed by atoms with van der Waals surface area (Å²) in [5.74, 6) is -1.14. The number of carbonyl (C=O) groups is 2. The van der Waals surface area contributed by atoms with Crippen molar-refractivity contribution >= 4 is 17.6 Å². The van der Waals surface area contributed by atoms with Crippen molar-refractivity contribution in [2.24, 2.45) is 0 Å². The van der Waals surface area contributed by atoms with Gasteiger partial charge in [-0.2, -0.15) is 0 Å². The van der Waals surface area contributed by atoms with Gasteiger partial charge in [-0.3, -0.25) is 14.6 Å². The van der Waals surface area contributed by atoms with Crippen molar-refractivity contribution in [2.75, 3.05) is 25.0 Å². The fourth-order valence-corrected chi connectivity index (χ4v) is 2.39. The first-order valence-corrected chi connectivity index (χ1v) is 6.21. The molecule has 0 aliphatic carbocycles. The molecule has 1 aliphatic rings. The van der Waals surface area contributed by atoms with Crippen LogP contribution >= 0.6 is 0 Å². The Morgan fingerprint density at radius 3 is 2.68 bits per heavy atom. The molecule has 1 aromatic carbocycles. The standard InChI is InChI=1S/C14H18N2O3/c1-9-4-5-10(2)11(6-9)16-12(14(18)19)7-15(3)8-13(16)17/h4-6,12H,7-8H2,1-3H3,(H,18,19). The number of piperazine rings is 1. The predicted octanol–water partition coefficient (Wildman–Crippen LogP) is 1.04. The number of rotatable bonds is 2. The normalized spacial score (nSPS) is 20.7. The largest absolute Gasteiger partial charge is 0.480 e. The van der Waals surface area contributed by atoms with Crippen LogP contribution in [0, 0.1) is 13.8 Å². The van der Waals surface area contributed by atoms with Crippen LogP contribution in [0.4, 0.5) is 5.69 Å². The average molecular weight is 262 g/mol. The maximum atomic E-state index is 12.2. The van der Waals surface area contributed by atoms with Gasteiger partial charge < -0.3 is 5.11 Å². The lowest BCUT2D eigenvalue weighted by atomic mass is 10.1. The molecular formula is C14H18N2O3. The van der Waals surface area contributed by atoms with E-state index in [0.717, 1.165) is 11.1 Å². The zero-order valence-corrected chi connectivity index (χ0v) is 11.4. The highest BCUT2D eigenvalue weighted by Gasteiger charge is 2.37. The molecule has 0 saturated carbocycles. The lowest BCUT2D eigenvalue weighted by Gasteiger charge is -2.38. The first-order chi connectivity index (χ1) is 8.90. The number of aliphatic carboxylic acids is 1. The third-order valence-corrected chi connectivity index (χ3v) is 3.38. The molecule has 0 bridgehead atoms. The number of aryl methyl sites for hydroxylation is 2. The van der Waals surface area contributed by atoms with Crippen molar-refractivity contribution in [1.82, 2.24) is 4.90 Å². The quantitative estimate of drug-likeness (QED) is 0.865. The van der Waals surface area contributed by atoms with Crippen molar-refractivity contribution in [1.29, 1.82) is 0 Å². The van der Waals surface area contributed by atoms with Crippen molar-refractivity contribution in [3.63, 3.8) is 0 Å². The Morgan fingerprint density at radius 1 is 1.37 bits per heavy atom. The molecule has 1 heterocycles. The minimum Gasteiger partial charge on any atom is -0.480 e. The van der Waals surface area contributed by atoms with Crippen LogP contribution < -0.4 is 4.90 Å². The van der Waals surface area contributed by atoms with E-state index in [0.29, 0.717) is 12.2 Å². The lowest BCUT2D eigenvalue weighted by Crippen LogP contribution is -2.58. The van der Waals surface area contributed by atoms with Crippen LogP contribution in [0.1, 0.15) is 11.1 Å². The summed E-state index contributed by atoms with van der Waals surface area (Å²) >= 11 is 0. The van der Waals surface area contributed by atoms with Crippen LogP contribution in [-0.2, 0) is 9.59 Å². The van der Waals surface area contributed by atoms with Crippen LogP contribution in [0.5, 0.6) is 0 Å². The Balaban J connectivity index is 2.47. The number of hydrogen-bond acceptors (Lipinski definition) is 3. The molecule has 2 rings (SSSR count). The molecule has 1 aliphatic heterocycles. The molecule has 1 amide bonds. The number of carboxylic acid groups (broad SMARTS) is 1. The summed E-state index contributed by atoms with van der Waals surface area (Å²) in [4.78, 5) is 26.8. The van der Waals surface area contributed by atoms with Crippen LogP contribution in [0.25, 0.3) is 0 Å². The molecule has 1 saturated heterocycles. The van der Waals surface area contributed by atoms with E-state index in [1.54, 1.807) is 11.9 Å². The van der Waals surface area contributed by atoms with Crippen molar-refractivity contribution in [3.8, 4) is 0 Å². The van der Waals surface area contributed by atoms with Gasteiger partial charge >= 0.3 is 5.97 Å². The molecule has 19 heavy (non-hydrogen) atoms. The Labute approximate surface area is 112 Å². The van der Waals surface area contributed by atoms with Gasteiger partial charge in [-0.15, -0.1) is 0 Å². The number of carboxylic acids is 1. The van der Waals surface area contributed by atoms with Gasteiger partial charge in [0.2, 0.25) is 5.91 Å². The Bertz CT molecular complexity index is 527. The van der Waals surface area contributed by atoms with Crippen LogP contribution in [0.3, 0.4) is 0 Å². The van der Waals surface area contributed by atoms with Gasteiger partial charge in [-0.1, -0.05) is 12.1 Å². The van der Waals surface area contributed by atoms with E-state index >= 15 is 0 Å². The second-order valence-corrected chi connectivity index (χ2v) is 5.10. The average Bonchev–Trinajstić information content (AvgIpc) is 2.32. The van der Waals surface area contributed by atoms with E-state index in [-0.39, 0.29) is 12.5 Å². The maximum Gasteiger partial charge on any atom is 0.328 e. The minimum atomic E-state index is -0.971. The molecule has 0 radical (unpaired) electrons. The number of nitrogens with zero attached hydrogens (tertiary/aromatic N) is 2. The van der Waals surface area contributed by atoms with Gasteiger partial charge in [-0.25, -0.2) is 4.79 Å². The summed E-state index contributed by atoms with van der Waals surface area (Å²) in [5.41, 5.74) is 2.62. The molecule has 1 aromatic rings. The highest BCUT2D eigenvalue weighted by atomic mass is 16.4. The van der Waals surface area contributed by atoms with E-state index in [1.807, 2.05) is 32.0 Å². The highest BCUT2D eigenvalue weighted by molar-refractivity contribution is 6.02. The first kappa shape index (κ1) is 13.5. The zero-order chi connectivity index (χ0) is 14.2. The second-order valence-electron chi connectivity index (χ2n) is 5.10. The number of amides is 1. The highest BCUT2D eigenvalue weighted by Crippen LogP contribution is 2.26. The predicted molar refractivity (Wildman–Crippen MR) is 72.3 cm³/mol. The fourth-order valence-electron chi connectivity index (χ4n) is 2.39. The number of benzene rings is 1. The third kappa shape index (κ3) is 2.61. The van der Waals surface area contributed by atoms with Gasteiger partial charge in [-0.05, 0) is 38.1 Å². The van der Waals surface area contributed by atoms with Crippen LogP contribution in [0.15, 0.2) is 18.2 Å². The Kier molecular flexibility index (Phi) is 3.57. The summed E-state index contributed by atoms with van der Waals surface area (Å²) in [6, 6.07) is 4.91. The zero-order valence-electron chi connectivity index (χ0n) is 11.4. The van der Waals surface area contributed by atoms with Crippen LogP contribution in [-0.4, -0.2) is 48.1 Å². The SMILES string of the molecule is Cc1ccc(C)c(N2C(=O)CN(C)CC2C(=O)O)c1. The van der Waals surface area contributed by atoms with Gasteiger partial charge in [0.1, 0.15) is 6.04 Å². The molecule has 5 heteroatoms. The number of anilines is 1. The maximum absolute atomic E-state index is 12.2. The third-order valence-electron chi connectivity index (χ3n) is 3.38. The molecule has 1 unspecified atom stereocenters. The molecule has 0 aromatic heterocycles. The molecule has 5 nitrogen and oxygen atoms in total. The minimum absolute atomic E-state index is 0.171. The topological polar surface area (TPSA) is 60.9 Å².